The van der Waals surface area contributed by atoms with Gasteiger partial charge in [-0.1, -0.05) is 13.0 Å². The molecule has 2 nitrogen and oxygen atoms in total. The summed E-state index contributed by atoms with van der Waals surface area (Å²) in [7, 11) is 0. The third-order valence-corrected chi connectivity index (χ3v) is 3.19. The van der Waals surface area contributed by atoms with Gasteiger partial charge in [-0.15, -0.1) is 0 Å². The van der Waals surface area contributed by atoms with E-state index in [0.717, 1.165) is 25.2 Å². The Balaban J connectivity index is 2.21. The Bertz CT molecular complexity index is 585. The lowest BCUT2D eigenvalue weighted by Gasteiger charge is -2.18. The minimum atomic E-state index is -0.603. The largest absolute Gasteiger partial charge is 0.308 e. The highest BCUT2D eigenvalue weighted by Crippen LogP contribution is 2.19. The first-order valence-corrected chi connectivity index (χ1v) is 6.89. The van der Waals surface area contributed by atoms with E-state index in [4.69, 9.17) is 0 Å². The van der Waals surface area contributed by atoms with Crippen LogP contribution in [0, 0.1) is 17.5 Å². The summed E-state index contributed by atoms with van der Waals surface area (Å²) in [6.45, 7) is 2.74. The molecular formula is C16H17F3N2. The van der Waals surface area contributed by atoms with Gasteiger partial charge < -0.3 is 5.32 Å². The standard InChI is InChI=1S/C16H17F3N2/c1-2-7-20-16(15-6-5-13(18)10-21-15)8-11-3-4-12(17)9-14(11)19/h3-6,9-10,16,20H,2,7-8H2,1H3. The Labute approximate surface area is 122 Å². The fourth-order valence-electron chi connectivity index (χ4n) is 2.10. The van der Waals surface area contributed by atoms with Crippen LogP contribution in [0.25, 0.3) is 0 Å². The fourth-order valence-corrected chi connectivity index (χ4v) is 2.10. The first-order valence-electron chi connectivity index (χ1n) is 6.89. The van der Waals surface area contributed by atoms with Gasteiger partial charge in [0.05, 0.1) is 17.9 Å². The average Bonchev–Trinajstić information content (AvgIpc) is 2.46. The number of benzene rings is 1. The molecule has 0 radical (unpaired) electrons. The van der Waals surface area contributed by atoms with Crippen molar-refractivity contribution in [3.05, 3.63) is 65.2 Å². The number of aromatic nitrogens is 1. The van der Waals surface area contributed by atoms with Crippen molar-refractivity contribution in [2.24, 2.45) is 0 Å². The molecule has 112 valence electrons. The molecule has 0 saturated heterocycles. The van der Waals surface area contributed by atoms with Crippen LogP contribution in [-0.4, -0.2) is 11.5 Å². The van der Waals surface area contributed by atoms with Crippen LogP contribution in [0.2, 0.25) is 0 Å². The van der Waals surface area contributed by atoms with E-state index in [0.29, 0.717) is 17.7 Å². The van der Waals surface area contributed by atoms with E-state index in [-0.39, 0.29) is 6.04 Å². The Morgan fingerprint density at radius 3 is 2.48 bits per heavy atom. The molecule has 0 aliphatic carbocycles. The van der Waals surface area contributed by atoms with Gasteiger partial charge >= 0.3 is 0 Å². The number of nitrogens with zero attached hydrogens (tertiary/aromatic N) is 1. The molecule has 2 aromatic rings. The predicted molar refractivity (Wildman–Crippen MR) is 75.3 cm³/mol. The van der Waals surface area contributed by atoms with Crippen LogP contribution >= 0.6 is 0 Å². The summed E-state index contributed by atoms with van der Waals surface area (Å²) in [6.07, 6.45) is 2.37. The van der Waals surface area contributed by atoms with Crippen LogP contribution in [0.4, 0.5) is 13.2 Å². The molecule has 0 aliphatic heterocycles. The summed E-state index contributed by atoms with van der Waals surface area (Å²) < 4.78 is 39.7. The molecule has 1 aromatic heterocycles. The van der Waals surface area contributed by atoms with E-state index in [9.17, 15) is 13.2 Å². The van der Waals surface area contributed by atoms with E-state index in [2.05, 4.69) is 10.3 Å². The molecule has 0 fully saturated rings. The molecule has 1 N–H and O–H groups in total. The number of hydrogen-bond acceptors (Lipinski definition) is 2. The Kier molecular flexibility index (Phi) is 5.33. The average molecular weight is 294 g/mol. The molecule has 1 aromatic carbocycles. The van der Waals surface area contributed by atoms with Crippen molar-refractivity contribution in [3.63, 3.8) is 0 Å². The smallest absolute Gasteiger partial charge is 0.141 e. The van der Waals surface area contributed by atoms with Crippen molar-refractivity contribution in [3.8, 4) is 0 Å². The predicted octanol–water partition coefficient (Wildman–Crippen LogP) is 3.78. The first-order chi connectivity index (χ1) is 10.1. The zero-order valence-corrected chi connectivity index (χ0v) is 11.7. The second-order valence-electron chi connectivity index (χ2n) is 4.85. The minimum absolute atomic E-state index is 0.245. The Morgan fingerprint density at radius 1 is 1.10 bits per heavy atom. The molecule has 1 atom stereocenters. The summed E-state index contributed by atoms with van der Waals surface area (Å²) in [5.74, 6) is -1.60. The number of pyridine rings is 1. The molecule has 1 heterocycles. The van der Waals surface area contributed by atoms with Crippen molar-refractivity contribution >= 4 is 0 Å². The lowest BCUT2D eigenvalue weighted by Crippen LogP contribution is -2.25. The quantitative estimate of drug-likeness (QED) is 0.877. The molecule has 0 bridgehead atoms. The number of hydrogen-bond donors (Lipinski definition) is 1. The second kappa shape index (κ2) is 7.22. The molecule has 21 heavy (non-hydrogen) atoms. The van der Waals surface area contributed by atoms with Crippen molar-refractivity contribution < 1.29 is 13.2 Å². The van der Waals surface area contributed by atoms with Crippen molar-refractivity contribution in [1.82, 2.24) is 10.3 Å². The second-order valence-corrected chi connectivity index (χ2v) is 4.85. The molecule has 0 aliphatic rings. The number of rotatable bonds is 6. The van der Waals surface area contributed by atoms with E-state index < -0.39 is 17.5 Å². The molecule has 1 unspecified atom stereocenters. The zero-order chi connectivity index (χ0) is 15.2. The normalized spacial score (nSPS) is 12.4. The van der Waals surface area contributed by atoms with Gasteiger partial charge in [0.25, 0.3) is 0 Å². The highest BCUT2D eigenvalue weighted by atomic mass is 19.1. The zero-order valence-electron chi connectivity index (χ0n) is 11.7. The summed E-state index contributed by atoms with van der Waals surface area (Å²) in [6, 6.07) is 6.17. The summed E-state index contributed by atoms with van der Waals surface area (Å²) >= 11 is 0. The van der Waals surface area contributed by atoms with E-state index >= 15 is 0 Å². The number of nitrogens with one attached hydrogen (secondary N) is 1. The van der Waals surface area contributed by atoms with E-state index in [1.807, 2.05) is 6.92 Å². The third-order valence-electron chi connectivity index (χ3n) is 3.19. The molecule has 2 rings (SSSR count). The van der Waals surface area contributed by atoms with Crippen LogP contribution in [-0.2, 0) is 6.42 Å². The summed E-state index contributed by atoms with van der Waals surface area (Å²) in [5, 5.41) is 3.25. The first kappa shape index (κ1) is 15.5. The van der Waals surface area contributed by atoms with E-state index in [1.165, 1.54) is 18.2 Å². The Morgan fingerprint density at radius 2 is 1.86 bits per heavy atom. The monoisotopic (exact) mass is 294 g/mol. The highest BCUT2D eigenvalue weighted by Gasteiger charge is 2.15. The maximum absolute atomic E-state index is 13.8. The van der Waals surface area contributed by atoms with Gasteiger partial charge in [0.15, 0.2) is 0 Å². The molecule has 5 heteroatoms. The number of halogens is 3. The van der Waals surface area contributed by atoms with Crippen molar-refractivity contribution in [2.75, 3.05) is 6.54 Å². The summed E-state index contributed by atoms with van der Waals surface area (Å²) in [5.41, 5.74) is 1.03. The highest BCUT2D eigenvalue weighted by molar-refractivity contribution is 5.22. The molecule has 0 amide bonds. The van der Waals surface area contributed by atoms with Gasteiger partial charge in [-0.3, -0.25) is 4.98 Å². The van der Waals surface area contributed by atoms with Crippen molar-refractivity contribution in [2.45, 2.75) is 25.8 Å². The van der Waals surface area contributed by atoms with Crippen molar-refractivity contribution in [1.29, 1.82) is 0 Å². The maximum atomic E-state index is 13.8. The third kappa shape index (κ3) is 4.29. The van der Waals surface area contributed by atoms with Gasteiger partial charge in [-0.05, 0) is 43.1 Å². The molecular weight excluding hydrogens is 277 g/mol. The molecule has 0 spiro atoms. The topological polar surface area (TPSA) is 24.9 Å². The van der Waals surface area contributed by atoms with Gasteiger partial charge in [0, 0.05) is 6.07 Å². The maximum Gasteiger partial charge on any atom is 0.141 e. The fraction of sp³-hybridized carbons (Fsp3) is 0.312. The molecule has 0 saturated carbocycles. The van der Waals surface area contributed by atoms with E-state index in [1.54, 1.807) is 6.07 Å². The van der Waals surface area contributed by atoms with Gasteiger partial charge in [0.1, 0.15) is 17.5 Å². The van der Waals surface area contributed by atoms with Crippen LogP contribution in [0.5, 0.6) is 0 Å². The van der Waals surface area contributed by atoms with Gasteiger partial charge in [-0.2, -0.15) is 0 Å². The Hall–Kier alpha value is -1.88. The van der Waals surface area contributed by atoms with Gasteiger partial charge in [-0.25, -0.2) is 13.2 Å². The summed E-state index contributed by atoms with van der Waals surface area (Å²) in [4.78, 5) is 4.04. The lowest BCUT2D eigenvalue weighted by molar-refractivity contribution is 0.497. The lowest BCUT2D eigenvalue weighted by atomic mass is 10.0. The van der Waals surface area contributed by atoms with Crippen LogP contribution in [0.15, 0.2) is 36.5 Å². The van der Waals surface area contributed by atoms with Crippen LogP contribution < -0.4 is 5.32 Å². The van der Waals surface area contributed by atoms with Gasteiger partial charge in [0.2, 0.25) is 0 Å². The minimum Gasteiger partial charge on any atom is -0.308 e. The van der Waals surface area contributed by atoms with Crippen LogP contribution in [0.3, 0.4) is 0 Å². The SMILES string of the molecule is CCCNC(Cc1ccc(F)cc1F)c1ccc(F)cn1. The van der Waals surface area contributed by atoms with Crippen LogP contribution in [0.1, 0.15) is 30.6 Å².